The van der Waals surface area contributed by atoms with Crippen molar-refractivity contribution in [3.63, 3.8) is 0 Å². The number of ether oxygens (including phenoxy) is 1. The number of rotatable bonds is 5. The van der Waals surface area contributed by atoms with Gasteiger partial charge in [-0.3, -0.25) is 0 Å². The molecule has 0 aliphatic carbocycles. The molecule has 3 aromatic rings. The lowest BCUT2D eigenvalue weighted by molar-refractivity contribution is 0.203. The van der Waals surface area contributed by atoms with Gasteiger partial charge in [0.15, 0.2) is 0 Å². The van der Waals surface area contributed by atoms with Gasteiger partial charge >= 0.3 is 0 Å². The van der Waals surface area contributed by atoms with Crippen LogP contribution >= 0.6 is 11.6 Å². The molecular weight excluding hydrogens is 378 g/mol. The summed E-state index contributed by atoms with van der Waals surface area (Å²) < 4.78 is 7.22. The molecule has 0 bridgehead atoms. The Morgan fingerprint density at radius 2 is 2.00 bits per heavy atom. The molecule has 4 rings (SSSR count). The number of anilines is 1. The molecule has 1 aliphatic heterocycles. The van der Waals surface area contributed by atoms with Gasteiger partial charge in [-0.05, 0) is 42.5 Å². The topological polar surface area (TPSA) is 70.2 Å². The van der Waals surface area contributed by atoms with E-state index in [0.29, 0.717) is 16.7 Å². The Balaban J connectivity index is 1.67. The standard InChI is InChI=1S/C21H24ClN3O3/c1-28-20-8-15(13-27)17(10-18(20)22)19-11-25-7-4-16(9-21(25)23-19)24-5-2-14(12-26)3-6-24/h4,7-11,14,26-27H,2-3,5-6,12-13H2,1H3. The van der Waals surface area contributed by atoms with E-state index in [1.165, 1.54) is 0 Å². The van der Waals surface area contributed by atoms with Gasteiger partial charge in [0.2, 0.25) is 0 Å². The Bertz CT molecular complexity index is 980. The van der Waals surface area contributed by atoms with E-state index in [2.05, 4.69) is 17.0 Å². The van der Waals surface area contributed by atoms with E-state index >= 15 is 0 Å². The van der Waals surface area contributed by atoms with E-state index in [1.54, 1.807) is 19.2 Å². The predicted octanol–water partition coefficient (Wildman–Crippen LogP) is 3.36. The van der Waals surface area contributed by atoms with E-state index < -0.39 is 0 Å². The Hall–Kier alpha value is -2.28. The first-order chi connectivity index (χ1) is 13.6. The smallest absolute Gasteiger partial charge is 0.139 e. The van der Waals surface area contributed by atoms with Crippen molar-refractivity contribution in [3.8, 4) is 17.0 Å². The fraction of sp³-hybridized carbons (Fsp3) is 0.381. The minimum Gasteiger partial charge on any atom is -0.495 e. The number of piperidine rings is 1. The number of benzene rings is 1. The molecule has 2 N–H and O–H groups in total. The highest BCUT2D eigenvalue weighted by Crippen LogP contribution is 2.34. The molecule has 3 heterocycles. The van der Waals surface area contributed by atoms with E-state index in [0.717, 1.165) is 54.1 Å². The average molecular weight is 402 g/mol. The number of hydrogen-bond acceptors (Lipinski definition) is 5. The summed E-state index contributed by atoms with van der Waals surface area (Å²) in [6.07, 6.45) is 5.95. The monoisotopic (exact) mass is 401 g/mol. The third-order valence-corrected chi connectivity index (χ3v) is 5.80. The molecule has 0 amide bonds. The van der Waals surface area contributed by atoms with Gasteiger partial charge in [-0.15, -0.1) is 0 Å². The maximum atomic E-state index is 9.76. The molecule has 7 heteroatoms. The summed E-state index contributed by atoms with van der Waals surface area (Å²) in [5.74, 6) is 0.946. The van der Waals surface area contributed by atoms with Crippen molar-refractivity contribution < 1.29 is 14.9 Å². The van der Waals surface area contributed by atoms with Crippen LogP contribution in [-0.2, 0) is 6.61 Å². The molecule has 2 aromatic heterocycles. The zero-order chi connectivity index (χ0) is 19.7. The second kappa shape index (κ2) is 7.99. The molecule has 0 atom stereocenters. The van der Waals surface area contributed by atoms with E-state index in [4.69, 9.17) is 21.3 Å². The molecule has 148 valence electrons. The van der Waals surface area contributed by atoms with Gasteiger partial charge in [0.1, 0.15) is 11.4 Å². The third-order valence-electron chi connectivity index (χ3n) is 5.51. The largest absolute Gasteiger partial charge is 0.495 e. The number of imidazole rings is 1. The maximum Gasteiger partial charge on any atom is 0.139 e. The Kier molecular flexibility index (Phi) is 5.44. The molecule has 0 radical (unpaired) electrons. The van der Waals surface area contributed by atoms with Gasteiger partial charge in [-0.2, -0.15) is 0 Å². The highest BCUT2D eigenvalue weighted by Gasteiger charge is 2.19. The molecule has 28 heavy (non-hydrogen) atoms. The van der Waals surface area contributed by atoms with Crippen LogP contribution in [0.5, 0.6) is 5.75 Å². The molecule has 0 spiro atoms. The summed E-state index contributed by atoms with van der Waals surface area (Å²) in [6.45, 7) is 2.03. The van der Waals surface area contributed by atoms with Crippen LogP contribution in [0.3, 0.4) is 0 Å². The summed E-state index contributed by atoms with van der Waals surface area (Å²) in [4.78, 5) is 7.10. The van der Waals surface area contributed by atoms with Crippen molar-refractivity contribution in [2.75, 3.05) is 31.7 Å². The summed E-state index contributed by atoms with van der Waals surface area (Å²) in [7, 11) is 1.55. The number of aliphatic hydroxyl groups excluding tert-OH is 2. The van der Waals surface area contributed by atoms with Crippen LogP contribution in [0.2, 0.25) is 5.02 Å². The lowest BCUT2D eigenvalue weighted by Crippen LogP contribution is -2.34. The Labute approximate surface area is 169 Å². The van der Waals surface area contributed by atoms with E-state index in [-0.39, 0.29) is 13.2 Å². The van der Waals surface area contributed by atoms with Crippen molar-refractivity contribution in [1.82, 2.24) is 9.38 Å². The minimum atomic E-state index is -0.123. The molecule has 1 fully saturated rings. The first-order valence-electron chi connectivity index (χ1n) is 9.45. The van der Waals surface area contributed by atoms with Crippen LogP contribution in [-0.4, -0.2) is 46.4 Å². The summed E-state index contributed by atoms with van der Waals surface area (Å²) >= 11 is 6.29. The van der Waals surface area contributed by atoms with Crippen molar-refractivity contribution >= 4 is 22.9 Å². The van der Waals surface area contributed by atoms with Crippen molar-refractivity contribution in [2.45, 2.75) is 19.4 Å². The molecule has 6 nitrogen and oxygen atoms in total. The molecule has 1 saturated heterocycles. The van der Waals surface area contributed by atoms with Gasteiger partial charge < -0.3 is 24.3 Å². The molecular formula is C21H24ClN3O3. The maximum absolute atomic E-state index is 9.76. The van der Waals surface area contributed by atoms with Crippen LogP contribution in [0, 0.1) is 5.92 Å². The quantitative estimate of drug-likeness (QED) is 0.686. The zero-order valence-electron chi connectivity index (χ0n) is 15.8. The fourth-order valence-electron chi connectivity index (χ4n) is 3.79. The van der Waals surface area contributed by atoms with Gasteiger partial charge in [0.25, 0.3) is 0 Å². The number of aliphatic hydroxyl groups is 2. The lowest BCUT2D eigenvalue weighted by Gasteiger charge is -2.32. The SMILES string of the molecule is COc1cc(CO)c(-c2cn3ccc(N4CCC(CO)CC4)cc3n2)cc1Cl. The minimum absolute atomic E-state index is 0.123. The van der Waals surface area contributed by atoms with Crippen LogP contribution < -0.4 is 9.64 Å². The third kappa shape index (κ3) is 3.55. The summed E-state index contributed by atoms with van der Waals surface area (Å²) in [5.41, 5.74) is 4.24. The second-order valence-electron chi connectivity index (χ2n) is 7.19. The fourth-order valence-corrected chi connectivity index (χ4v) is 4.03. The van der Waals surface area contributed by atoms with Crippen LogP contribution in [0.15, 0.2) is 36.7 Å². The number of fused-ring (bicyclic) bond motifs is 1. The van der Waals surface area contributed by atoms with E-state index in [1.807, 2.05) is 16.8 Å². The molecule has 1 aliphatic rings. The Morgan fingerprint density at radius 3 is 2.68 bits per heavy atom. The van der Waals surface area contributed by atoms with Gasteiger partial charge in [-0.25, -0.2) is 4.98 Å². The summed E-state index contributed by atoms with van der Waals surface area (Å²) in [6, 6.07) is 7.70. The Morgan fingerprint density at radius 1 is 1.21 bits per heavy atom. The van der Waals surface area contributed by atoms with Gasteiger partial charge in [-0.1, -0.05) is 11.6 Å². The van der Waals surface area contributed by atoms with Gasteiger partial charge in [0.05, 0.1) is 24.4 Å². The summed E-state index contributed by atoms with van der Waals surface area (Å²) in [5, 5.41) is 19.6. The molecule has 0 saturated carbocycles. The highest BCUT2D eigenvalue weighted by atomic mass is 35.5. The number of aromatic nitrogens is 2. The van der Waals surface area contributed by atoms with Crippen LogP contribution in [0.4, 0.5) is 5.69 Å². The van der Waals surface area contributed by atoms with Crippen molar-refractivity contribution in [3.05, 3.63) is 47.2 Å². The number of pyridine rings is 1. The number of nitrogens with zero attached hydrogens (tertiary/aromatic N) is 3. The average Bonchev–Trinajstić information content (AvgIpc) is 3.16. The molecule has 1 aromatic carbocycles. The lowest BCUT2D eigenvalue weighted by atomic mass is 9.97. The van der Waals surface area contributed by atoms with Gasteiger partial charge in [0, 0.05) is 49.4 Å². The number of hydrogen-bond donors (Lipinski definition) is 2. The van der Waals surface area contributed by atoms with Crippen molar-refractivity contribution in [1.29, 1.82) is 0 Å². The number of halogens is 1. The van der Waals surface area contributed by atoms with Crippen LogP contribution in [0.25, 0.3) is 16.9 Å². The second-order valence-corrected chi connectivity index (χ2v) is 7.60. The highest BCUT2D eigenvalue weighted by molar-refractivity contribution is 6.32. The zero-order valence-corrected chi connectivity index (χ0v) is 16.6. The predicted molar refractivity (Wildman–Crippen MR) is 110 cm³/mol. The first-order valence-corrected chi connectivity index (χ1v) is 9.83. The first kappa shape index (κ1) is 19.1. The van der Waals surface area contributed by atoms with Crippen LogP contribution in [0.1, 0.15) is 18.4 Å². The normalized spacial score (nSPS) is 15.4. The molecule has 0 unspecified atom stereocenters. The number of methoxy groups -OCH3 is 1. The van der Waals surface area contributed by atoms with Crippen molar-refractivity contribution in [2.24, 2.45) is 5.92 Å². The van der Waals surface area contributed by atoms with E-state index in [9.17, 15) is 10.2 Å².